The van der Waals surface area contributed by atoms with E-state index in [0.717, 1.165) is 25.7 Å². The minimum atomic E-state index is -0.224. The first-order valence-corrected chi connectivity index (χ1v) is 15.8. The number of hydrogen-bond donors (Lipinski definition) is 0. The van der Waals surface area contributed by atoms with Crippen LogP contribution in [-0.4, -0.2) is 64.2 Å². The van der Waals surface area contributed by atoms with Crippen LogP contribution in [0.25, 0.3) is 22.7 Å². The minimum Gasteiger partial charge on any atom is -0.308 e. The summed E-state index contributed by atoms with van der Waals surface area (Å²) in [5.41, 5.74) is 2.61. The Morgan fingerprint density at radius 1 is 0.404 bits per heavy atom. The summed E-state index contributed by atoms with van der Waals surface area (Å²) in [6.45, 7) is 4.10. The van der Waals surface area contributed by atoms with E-state index in [1.807, 2.05) is 135 Å². The van der Waals surface area contributed by atoms with Crippen LogP contribution in [0.2, 0.25) is 0 Å². The third-order valence-corrected chi connectivity index (χ3v) is 7.77. The minimum absolute atomic E-state index is 0. The molecule has 0 saturated heterocycles. The Morgan fingerprint density at radius 2 is 0.617 bits per heavy atom. The molecule has 47 heavy (non-hydrogen) atoms. The van der Waals surface area contributed by atoms with Crippen molar-refractivity contribution in [1.29, 1.82) is 0 Å². The van der Waals surface area contributed by atoms with Gasteiger partial charge < -0.3 is 19.2 Å². The van der Waals surface area contributed by atoms with Crippen LogP contribution in [0, 0.1) is 0 Å². The maximum absolute atomic E-state index is 12.8. The summed E-state index contributed by atoms with van der Waals surface area (Å²) in [6, 6.07) is 37.1. The van der Waals surface area contributed by atoms with E-state index in [-0.39, 0.29) is 67.7 Å². The Morgan fingerprint density at radius 3 is 0.809 bits per heavy atom. The molecule has 0 saturated carbocycles. The zero-order valence-corrected chi connectivity index (χ0v) is 30.4. The van der Waals surface area contributed by atoms with E-state index in [2.05, 4.69) is 0 Å². The topological polar surface area (TPSA) is 88.0 Å². The third-order valence-electron chi connectivity index (χ3n) is 7.77. The Labute approximate surface area is 310 Å². The van der Waals surface area contributed by atoms with Gasteiger partial charge in [0.2, 0.25) is 0 Å². The van der Waals surface area contributed by atoms with Crippen LogP contribution in [0.15, 0.2) is 141 Å². The van der Waals surface area contributed by atoms with Crippen molar-refractivity contribution in [1.82, 2.24) is 18.7 Å². The second-order valence-electron chi connectivity index (χ2n) is 11.0. The fourth-order valence-corrected chi connectivity index (χ4v) is 5.40. The number of unbranched alkanes of at least 4 members (excludes halogenated alkanes) is 2. The van der Waals surface area contributed by atoms with Gasteiger partial charge in [0.05, 0.1) is 22.7 Å². The van der Waals surface area contributed by atoms with Crippen LogP contribution in [0.4, 0.5) is 0 Å². The SMILES string of the molecule is CCCC[c-]1c(=O)n(-c2ccccc2)n(-c2ccccc2)c1=O.CCCC[c-]1c(=O)n(-c2ccccc2)n(-c2ccccc2)c1=O.[Sr+2]. The van der Waals surface area contributed by atoms with Crippen molar-refractivity contribution in [3.05, 3.63) is 174 Å². The van der Waals surface area contributed by atoms with Gasteiger partial charge in [0.25, 0.3) is 0 Å². The van der Waals surface area contributed by atoms with Gasteiger partial charge in [0.1, 0.15) is 22.2 Å². The average molecular weight is 702 g/mol. The monoisotopic (exact) mass is 702 g/mol. The van der Waals surface area contributed by atoms with Crippen LogP contribution >= 0.6 is 0 Å². The molecular formula is C38H38N4O4Sr. The molecule has 0 bridgehead atoms. The summed E-state index contributed by atoms with van der Waals surface area (Å²) in [6.07, 6.45) is 4.58. The van der Waals surface area contributed by atoms with Crippen molar-refractivity contribution in [2.45, 2.75) is 52.4 Å². The first kappa shape index (κ1) is 35.8. The quantitative estimate of drug-likeness (QED) is 0.135. The summed E-state index contributed by atoms with van der Waals surface area (Å²) in [7, 11) is 0. The van der Waals surface area contributed by atoms with Gasteiger partial charge in [-0.3, -0.25) is 0 Å². The molecule has 0 unspecified atom stereocenters. The fraction of sp³-hybridized carbons (Fsp3) is 0.211. The summed E-state index contributed by atoms with van der Waals surface area (Å²) in [5, 5.41) is 0. The van der Waals surface area contributed by atoms with Gasteiger partial charge in [-0.2, -0.15) is 0 Å². The third kappa shape index (κ3) is 7.93. The molecule has 0 aliphatic heterocycles. The van der Waals surface area contributed by atoms with Gasteiger partial charge >= 0.3 is 45.5 Å². The smallest absolute Gasteiger partial charge is 0.308 e. The molecule has 4 aromatic carbocycles. The molecule has 2 heterocycles. The van der Waals surface area contributed by atoms with Gasteiger partial charge in [-0.25, -0.2) is 29.9 Å². The van der Waals surface area contributed by atoms with E-state index in [9.17, 15) is 19.2 Å². The van der Waals surface area contributed by atoms with Crippen LogP contribution in [0.1, 0.15) is 50.7 Å². The standard InChI is InChI=1S/2C19H19N2O2.Sr/c2*1-2-3-14-17-18(22)20(15-10-6-4-7-11-15)21(19(17)23)16-12-8-5-9-13-16;/h2*4-13H,2-3,14H2,1H3;/q2*-1;+2. The molecule has 236 valence electrons. The molecule has 6 aromatic rings. The van der Waals surface area contributed by atoms with Gasteiger partial charge in [0.15, 0.2) is 0 Å². The van der Waals surface area contributed by atoms with Crippen molar-refractivity contribution in [3.63, 3.8) is 0 Å². The van der Waals surface area contributed by atoms with E-state index in [1.165, 1.54) is 18.7 Å². The number of benzene rings is 4. The summed E-state index contributed by atoms with van der Waals surface area (Å²) >= 11 is 0. The zero-order chi connectivity index (χ0) is 32.5. The second-order valence-corrected chi connectivity index (χ2v) is 11.0. The molecule has 0 spiro atoms. The molecule has 6 rings (SSSR count). The summed E-state index contributed by atoms with van der Waals surface area (Å²) in [4.78, 5) is 51.3. The maximum Gasteiger partial charge on any atom is 2.00 e. The van der Waals surface area contributed by atoms with E-state index in [4.69, 9.17) is 0 Å². The van der Waals surface area contributed by atoms with Crippen molar-refractivity contribution in [2.75, 3.05) is 0 Å². The van der Waals surface area contributed by atoms with Gasteiger partial charge in [-0.05, 0) is 48.5 Å². The van der Waals surface area contributed by atoms with Crippen molar-refractivity contribution < 1.29 is 0 Å². The number of aromatic nitrogens is 4. The Kier molecular flexibility index (Phi) is 13.1. The van der Waals surface area contributed by atoms with Gasteiger partial charge in [-0.15, -0.1) is 12.8 Å². The fourth-order valence-electron chi connectivity index (χ4n) is 5.40. The summed E-state index contributed by atoms with van der Waals surface area (Å²) < 4.78 is 5.90. The number of rotatable bonds is 10. The Hall–Kier alpha value is -4.02. The van der Waals surface area contributed by atoms with E-state index in [0.29, 0.717) is 46.7 Å². The predicted molar refractivity (Wildman–Crippen MR) is 189 cm³/mol. The molecule has 0 N–H and O–H groups in total. The second kappa shape index (κ2) is 17.2. The predicted octanol–water partition coefficient (Wildman–Crippen LogP) is 5.72. The largest absolute Gasteiger partial charge is 2.00 e. The maximum atomic E-state index is 12.8. The molecule has 0 amide bonds. The normalized spacial score (nSPS) is 10.6. The van der Waals surface area contributed by atoms with Crippen LogP contribution in [0.5, 0.6) is 0 Å². The molecule has 0 aliphatic rings. The molecule has 0 atom stereocenters. The molecule has 9 heteroatoms. The van der Waals surface area contributed by atoms with Crippen LogP contribution < -0.4 is 22.2 Å². The van der Waals surface area contributed by atoms with Gasteiger partial charge in [0, 0.05) is 0 Å². The van der Waals surface area contributed by atoms with E-state index < -0.39 is 0 Å². The average Bonchev–Trinajstić information content (AvgIpc) is 3.51. The molecule has 0 aliphatic carbocycles. The molecular weight excluding hydrogens is 664 g/mol. The van der Waals surface area contributed by atoms with Crippen molar-refractivity contribution >= 4 is 45.5 Å². The van der Waals surface area contributed by atoms with Crippen molar-refractivity contribution in [2.24, 2.45) is 0 Å². The number of nitrogens with zero attached hydrogens (tertiary/aromatic N) is 4. The molecule has 8 nitrogen and oxygen atoms in total. The molecule has 2 aromatic heterocycles. The number of hydrogen-bond acceptors (Lipinski definition) is 4. The van der Waals surface area contributed by atoms with Gasteiger partial charge in [-0.1, -0.05) is 112 Å². The zero-order valence-electron chi connectivity index (χ0n) is 26.9. The van der Waals surface area contributed by atoms with Crippen LogP contribution in [0.3, 0.4) is 0 Å². The van der Waals surface area contributed by atoms with Crippen LogP contribution in [-0.2, 0) is 12.8 Å². The Bertz CT molecular complexity index is 1790. The molecule has 0 radical (unpaired) electrons. The Balaban J connectivity index is 0.000000208. The summed E-state index contributed by atoms with van der Waals surface area (Å²) in [5.74, 6) is 0. The molecule has 0 fully saturated rings. The van der Waals surface area contributed by atoms with E-state index >= 15 is 0 Å². The first-order chi connectivity index (χ1) is 22.5. The van der Waals surface area contributed by atoms with Crippen molar-refractivity contribution in [3.8, 4) is 22.7 Å². The number of para-hydroxylation sites is 4. The first-order valence-electron chi connectivity index (χ1n) is 15.8. The van der Waals surface area contributed by atoms with E-state index in [1.54, 1.807) is 0 Å².